The van der Waals surface area contributed by atoms with Crippen molar-refractivity contribution in [1.29, 1.82) is 0 Å². The predicted molar refractivity (Wildman–Crippen MR) is 49.9 cm³/mol. The topological polar surface area (TPSA) is 76.7 Å². The average Bonchev–Trinajstić information content (AvgIpc) is 2.70. The first-order valence-electron chi connectivity index (χ1n) is 4.42. The van der Waals surface area contributed by atoms with Gasteiger partial charge < -0.3 is 14.3 Å². The molecule has 0 aliphatic heterocycles. The number of aliphatic hydroxyl groups excluding tert-OH is 1. The number of hydrogen-bond acceptors (Lipinski definition) is 5. The lowest BCUT2D eigenvalue weighted by molar-refractivity contribution is -0.143. The van der Waals surface area contributed by atoms with Crippen LogP contribution in [0.2, 0.25) is 0 Å². The molecule has 82 valence electrons. The first-order chi connectivity index (χ1) is 7.13. The van der Waals surface area contributed by atoms with E-state index < -0.39 is 12.1 Å². The van der Waals surface area contributed by atoms with E-state index in [1.807, 2.05) is 0 Å². The van der Waals surface area contributed by atoms with Crippen LogP contribution in [0.5, 0.6) is 0 Å². The van der Waals surface area contributed by atoms with Gasteiger partial charge in [-0.05, 0) is 6.07 Å². The Morgan fingerprint density at radius 3 is 2.87 bits per heavy atom. The van der Waals surface area contributed by atoms with E-state index in [0.717, 1.165) is 0 Å². The number of methoxy groups -OCH3 is 1. The first kappa shape index (κ1) is 11.5. The molecular formula is C10H12O5. The van der Waals surface area contributed by atoms with Crippen molar-refractivity contribution in [3.63, 3.8) is 0 Å². The number of Topliss-reactive ketones (excluding diaryl/α,β-unsaturated/α-hetero) is 1. The van der Waals surface area contributed by atoms with Crippen molar-refractivity contribution < 1.29 is 23.8 Å². The Bertz CT molecular complexity index is 328. The summed E-state index contributed by atoms with van der Waals surface area (Å²) in [6, 6.07) is 1.57. The first-order valence-corrected chi connectivity index (χ1v) is 4.42. The van der Waals surface area contributed by atoms with Crippen molar-refractivity contribution in [2.45, 2.75) is 18.9 Å². The zero-order valence-corrected chi connectivity index (χ0v) is 8.30. The molecule has 0 aliphatic rings. The van der Waals surface area contributed by atoms with Gasteiger partial charge in [0, 0.05) is 12.0 Å². The molecule has 0 aromatic carbocycles. The Hall–Kier alpha value is -1.62. The zero-order valence-electron chi connectivity index (χ0n) is 8.30. The number of furan rings is 1. The molecule has 0 fully saturated rings. The van der Waals surface area contributed by atoms with Crippen molar-refractivity contribution in [3.05, 3.63) is 24.2 Å². The summed E-state index contributed by atoms with van der Waals surface area (Å²) in [5.74, 6) is -0.963. The van der Waals surface area contributed by atoms with Crippen LogP contribution < -0.4 is 0 Å². The summed E-state index contributed by atoms with van der Waals surface area (Å²) >= 11 is 0. The fraction of sp³-hybridized carbons (Fsp3) is 0.400. The van der Waals surface area contributed by atoms with Crippen LogP contribution in [-0.2, 0) is 14.3 Å². The molecule has 0 bridgehead atoms. The molecule has 0 radical (unpaired) electrons. The molecule has 1 N–H and O–H groups in total. The van der Waals surface area contributed by atoms with Crippen molar-refractivity contribution >= 4 is 11.8 Å². The maximum atomic E-state index is 11.2. The van der Waals surface area contributed by atoms with Crippen LogP contribution in [0.1, 0.15) is 24.5 Å². The number of hydrogen-bond donors (Lipinski definition) is 1. The monoisotopic (exact) mass is 212 g/mol. The third-order valence-corrected chi connectivity index (χ3v) is 1.92. The number of ether oxygens (including phenoxy) is 1. The molecule has 5 nitrogen and oxygen atoms in total. The highest BCUT2D eigenvalue weighted by atomic mass is 16.5. The van der Waals surface area contributed by atoms with Crippen LogP contribution in [0.25, 0.3) is 0 Å². The van der Waals surface area contributed by atoms with E-state index in [2.05, 4.69) is 4.74 Å². The van der Waals surface area contributed by atoms with Gasteiger partial charge in [-0.3, -0.25) is 9.59 Å². The van der Waals surface area contributed by atoms with E-state index in [1.54, 1.807) is 6.07 Å². The molecule has 0 aliphatic carbocycles. The van der Waals surface area contributed by atoms with Gasteiger partial charge in [0.1, 0.15) is 12.2 Å². The van der Waals surface area contributed by atoms with Crippen LogP contribution >= 0.6 is 0 Å². The molecule has 1 aromatic rings. The van der Waals surface area contributed by atoms with Crippen LogP contribution in [0.3, 0.4) is 0 Å². The predicted octanol–water partition coefficient (Wildman–Crippen LogP) is 0.835. The highest BCUT2D eigenvalue weighted by Crippen LogP contribution is 2.17. The Morgan fingerprint density at radius 1 is 1.60 bits per heavy atom. The van der Waals surface area contributed by atoms with Gasteiger partial charge in [0.15, 0.2) is 0 Å². The summed E-state index contributed by atoms with van der Waals surface area (Å²) in [4.78, 5) is 22.0. The van der Waals surface area contributed by atoms with Crippen LogP contribution in [-0.4, -0.2) is 24.0 Å². The largest absolute Gasteiger partial charge is 0.472 e. The van der Waals surface area contributed by atoms with Crippen LogP contribution in [0.15, 0.2) is 23.0 Å². The van der Waals surface area contributed by atoms with Gasteiger partial charge in [0.25, 0.3) is 0 Å². The fourth-order valence-electron chi connectivity index (χ4n) is 1.10. The third-order valence-electron chi connectivity index (χ3n) is 1.92. The fourth-order valence-corrected chi connectivity index (χ4v) is 1.10. The number of esters is 1. The van der Waals surface area contributed by atoms with Gasteiger partial charge in [-0.15, -0.1) is 0 Å². The highest BCUT2D eigenvalue weighted by Gasteiger charge is 2.16. The minimum Gasteiger partial charge on any atom is -0.472 e. The molecule has 1 atom stereocenters. The Morgan fingerprint density at radius 2 is 2.33 bits per heavy atom. The summed E-state index contributed by atoms with van der Waals surface area (Å²) in [6.07, 6.45) is 1.40. The second-order valence-electron chi connectivity index (χ2n) is 3.07. The zero-order chi connectivity index (χ0) is 11.3. The average molecular weight is 212 g/mol. The Kier molecular flexibility index (Phi) is 4.05. The Labute approximate surface area is 86.6 Å². The van der Waals surface area contributed by atoms with E-state index in [9.17, 15) is 14.7 Å². The van der Waals surface area contributed by atoms with Crippen LogP contribution in [0.4, 0.5) is 0 Å². The van der Waals surface area contributed by atoms with Gasteiger partial charge in [0.05, 0.1) is 25.7 Å². The maximum absolute atomic E-state index is 11.2. The molecule has 1 heterocycles. The standard InChI is InChI=1S/C10H12O5/c1-14-10(13)5-8(11)4-9(12)7-2-3-15-6-7/h2-3,6,9,12H,4-5H2,1H3. The molecule has 5 heteroatoms. The van der Waals surface area contributed by atoms with Gasteiger partial charge >= 0.3 is 5.97 Å². The van der Waals surface area contributed by atoms with Crippen molar-refractivity contribution in [2.75, 3.05) is 7.11 Å². The van der Waals surface area contributed by atoms with Crippen molar-refractivity contribution in [2.24, 2.45) is 0 Å². The summed E-state index contributed by atoms with van der Waals surface area (Å²) in [6.45, 7) is 0. The van der Waals surface area contributed by atoms with E-state index >= 15 is 0 Å². The van der Waals surface area contributed by atoms with Crippen molar-refractivity contribution in [1.82, 2.24) is 0 Å². The summed E-state index contributed by atoms with van der Waals surface area (Å²) < 4.78 is 9.09. The molecule has 1 aromatic heterocycles. The van der Waals surface area contributed by atoms with E-state index in [1.165, 1.54) is 19.6 Å². The lowest BCUT2D eigenvalue weighted by Crippen LogP contribution is -2.12. The molecule has 1 rings (SSSR count). The normalized spacial score (nSPS) is 12.1. The van der Waals surface area contributed by atoms with E-state index in [0.29, 0.717) is 5.56 Å². The lowest BCUT2D eigenvalue weighted by Gasteiger charge is -2.06. The van der Waals surface area contributed by atoms with Crippen LogP contribution in [0, 0.1) is 0 Å². The third kappa shape index (κ3) is 3.55. The Balaban J connectivity index is 2.42. The quantitative estimate of drug-likeness (QED) is 0.578. The van der Waals surface area contributed by atoms with Gasteiger partial charge in [0.2, 0.25) is 0 Å². The minimum absolute atomic E-state index is 0.116. The number of rotatable bonds is 5. The molecular weight excluding hydrogens is 200 g/mol. The minimum atomic E-state index is -0.930. The number of carbonyl (C=O) groups excluding carboxylic acids is 2. The van der Waals surface area contributed by atoms with Gasteiger partial charge in [-0.25, -0.2) is 0 Å². The second-order valence-corrected chi connectivity index (χ2v) is 3.07. The summed E-state index contributed by atoms with van der Waals surface area (Å²) in [7, 11) is 1.21. The molecule has 0 amide bonds. The molecule has 1 unspecified atom stereocenters. The number of aliphatic hydroxyl groups is 1. The lowest BCUT2D eigenvalue weighted by atomic mass is 10.1. The number of ketones is 1. The maximum Gasteiger partial charge on any atom is 0.313 e. The van der Waals surface area contributed by atoms with Gasteiger partial charge in [-0.2, -0.15) is 0 Å². The SMILES string of the molecule is COC(=O)CC(=O)CC(O)c1ccoc1. The molecule has 0 saturated heterocycles. The highest BCUT2D eigenvalue weighted by molar-refractivity contribution is 5.95. The number of carbonyl (C=O) groups is 2. The van der Waals surface area contributed by atoms with E-state index in [-0.39, 0.29) is 18.6 Å². The summed E-state index contributed by atoms with van der Waals surface area (Å²) in [5, 5.41) is 9.53. The smallest absolute Gasteiger partial charge is 0.313 e. The van der Waals surface area contributed by atoms with Gasteiger partial charge in [-0.1, -0.05) is 0 Å². The summed E-state index contributed by atoms with van der Waals surface area (Å²) in [5.41, 5.74) is 0.521. The molecule has 0 spiro atoms. The van der Waals surface area contributed by atoms with Crippen molar-refractivity contribution in [3.8, 4) is 0 Å². The second kappa shape index (κ2) is 5.31. The molecule has 15 heavy (non-hydrogen) atoms. The van der Waals surface area contributed by atoms with E-state index in [4.69, 9.17) is 4.42 Å². The molecule has 0 saturated carbocycles.